The molecule has 178 valence electrons. The molecule has 0 unspecified atom stereocenters. The third kappa shape index (κ3) is 5.29. The average molecular weight is 475 g/mol. The number of nitrogens with zero attached hydrogens (tertiary/aromatic N) is 3. The normalized spacial score (nSPS) is 20.3. The number of piperidine rings is 1. The Morgan fingerprint density at radius 3 is 2.70 bits per heavy atom. The Morgan fingerprint density at radius 1 is 1.18 bits per heavy atom. The van der Waals surface area contributed by atoms with E-state index in [1.807, 2.05) is 42.3 Å². The average Bonchev–Trinajstić information content (AvgIpc) is 3.21. The minimum absolute atomic E-state index is 0.0620. The van der Waals surface area contributed by atoms with Gasteiger partial charge in [-0.15, -0.1) is 0 Å². The molecule has 33 heavy (non-hydrogen) atoms. The number of morpholine rings is 1. The molecule has 4 rings (SSSR count). The van der Waals surface area contributed by atoms with Crippen LogP contribution in [0.3, 0.4) is 0 Å². The van der Waals surface area contributed by atoms with Gasteiger partial charge in [-0.05, 0) is 38.3 Å². The SMILES string of the molecule is Cc1ccccc1NC(=O)[C@H]1CCCN(S(=O)(=O)c2c(C)noc2/C=C/N2CCOCC2)C1. The number of para-hydroxylation sites is 1. The van der Waals surface area contributed by atoms with Gasteiger partial charge in [0.2, 0.25) is 15.9 Å². The van der Waals surface area contributed by atoms with Crippen molar-refractivity contribution in [3.63, 3.8) is 0 Å². The van der Waals surface area contributed by atoms with Crippen molar-refractivity contribution < 1.29 is 22.5 Å². The minimum Gasteiger partial charge on any atom is -0.378 e. The lowest BCUT2D eigenvalue weighted by molar-refractivity contribution is -0.120. The van der Waals surface area contributed by atoms with Crippen LogP contribution in [-0.2, 0) is 19.6 Å². The molecule has 1 aromatic carbocycles. The number of aryl methyl sites for hydroxylation is 2. The van der Waals surface area contributed by atoms with E-state index in [0.717, 1.165) is 24.3 Å². The Labute approximate surface area is 194 Å². The van der Waals surface area contributed by atoms with Crippen LogP contribution >= 0.6 is 0 Å². The summed E-state index contributed by atoms with van der Waals surface area (Å²) in [7, 11) is -3.88. The Bertz CT molecular complexity index is 1120. The highest BCUT2D eigenvalue weighted by atomic mass is 32.2. The van der Waals surface area contributed by atoms with Crippen molar-refractivity contribution in [2.24, 2.45) is 5.92 Å². The third-order valence-corrected chi connectivity index (χ3v) is 8.10. The van der Waals surface area contributed by atoms with Gasteiger partial charge in [-0.25, -0.2) is 8.42 Å². The Hall–Kier alpha value is -2.69. The first-order valence-electron chi connectivity index (χ1n) is 11.2. The molecular formula is C23H30N4O5S. The summed E-state index contributed by atoms with van der Waals surface area (Å²) in [5, 5.41) is 6.85. The van der Waals surface area contributed by atoms with Gasteiger partial charge in [-0.3, -0.25) is 4.79 Å². The maximum atomic E-state index is 13.5. The molecule has 2 aliphatic heterocycles. The molecule has 1 amide bonds. The molecule has 0 aliphatic carbocycles. The number of carbonyl (C=O) groups excluding carboxylic acids is 1. The fourth-order valence-corrected chi connectivity index (χ4v) is 5.92. The van der Waals surface area contributed by atoms with Crippen LogP contribution in [0.1, 0.15) is 29.9 Å². The van der Waals surface area contributed by atoms with Crippen LogP contribution in [-0.4, -0.2) is 68.1 Å². The molecule has 1 aromatic heterocycles. The Morgan fingerprint density at radius 2 is 1.94 bits per heavy atom. The van der Waals surface area contributed by atoms with Crippen molar-refractivity contribution in [3.8, 4) is 0 Å². The highest BCUT2D eigenvalue weighted by Gasteiger charge is 2.37. The number of hydrogen-bond donors (Lipinski definition) is 1. The van der Waals surface area contributed by atoms with Gasteiger partial charge in [0.15, 0.2) is 10.7 Å². The first-order chi connectivity index (χ1) is 15.9. The van der Waals surface area contributed by atoms with E-state index in [0.29, 0.717) is 38.3 Å². The van der Waals surface area contributed by atoms with E-state index in [4.69, 9.17) is 9.26 Å². The van der Waals surface area contributed by atoms with Gasteiger partial charge in [-0.2, -0.15) is 4.31 Å². The summed E-state index contributed by atoms with van der Waals surface area (Å²) in [6.07, 6.45) is 4.70. The lowest BCUT2D eigenvalue weighted by atomic mass is 9.98. The van der Waals surface area contributed by atoms with Crippen molar-refractivity contribution in [2.45, 2.75) is 31.6 Å². The zero-order valence-corrected chi connectivity index (χ0v) is 19.8. The molecule has 10 heteroatoms. The van der Waals surface area contributed by atoms with E-state index in [2.05, 4.69) is 10.5 Å². The molecule has 2 fully saturated rings. The number of aromatic nitrogens is 1. The molecule has 0 saturated carbocycles. The molecule has 9 nitrogen and oxygen atoms in total. The van der Waals surface area contributed by atoms with Crippen molar-refractivity contribution >= 4 is 27.7 Å². The minimum atomic E-state index is -3.88. The molecule has 1 N–H and O–H groups in total. The molecule has 3 heterocycles. The lowest BCUT2D eigenvalue weighted by Gasteiger charge is -2.31. The van der Waals surface area contributed by atoms with Crippen LogP contribution in [0.15, 0.2) is 39.9 Å². The fraction of sp³-hybridized carbons (Fsp3) is 0.478. The number of sulfonamides is 1. The molecule has 0 spiro atoms. The number of benzene rings is 1. The molecule has 2 saturated heterocycles. The molecular weight excluding hydrogens is 444 g/mol. The predicted molar refractivity (Wildman–Crippen MR) is 124 cm³/mol. The fourth-order valence-electron chi connectivity index (χ4n) is 4.15. The van der Waals surface area contributed by atoms with Crippen molar-refractivity contribution in [1.29, 1.82) is 0 Å². The van der Waals surface area contributed by atoms with Crippen LogP contribution in [0.25, 0.3) is 6.08 Å². The van der Waals surface area contributed by atoms with Gasteiger partial charge in [0.25, 0.3) is 0 Å². The van der Waals surface area contributed by atoms with Crippen LogP contribution < -0.4 is 5.32 Å². The van der Waals surface area contributed by atoms with Gasteiger partial charge in [-0.1, -0.05) is 23.4 Å². The summed E-state index contributed by atoms with van der Waals surface area (Å²) in [5.74, 6) is -0.398. The number of rotatable bonds is 6. The molecule has 2 aromatic rings. The van der Waals surface area contributed by atoms with Crippen LogP contribution in [0, 0.1) is 19.8 Å². The Kier molecular flexibility index (Phi) is 7.16. The lowest BCUT2D eigenvalue weighted by Crippen LogP contribution is -2.44. The van der Waals surface area contributed by atoms with E-state index in [9.17, 15) is 13.2 Å². The summed E-state index contributed by atoms with van der Waals surface area (Å²) < 4.78 is 39.2. The number of carbonyl (C=O) groups is 1. The number of anilines is 1. The monoisotopic (exact) mass is 474 g/mol. The first kappa shape index (κ1) is 23.5. The second-order valence-electron chi connectivity index (χ2n) is 8.43. The third-order valence-electron chi connectivity index (χ3n) is 6.07. The smallest absolute Gasteiger partial charge is 0.248 e. The van der Waals surface area contributed by atoms with Gasteiger partial charge in [0.1, 0.15) is 5.69 Å². The zero-order chi connectivity index (χ0) is 23.4. The van der Waals surface area contributed by atoms with Crippen molar-refractivity contribution in [1.82, 2.24) is 14.4 Å². The van der Waals surface area contributed by atoms with Crippen LogP contribution in [0.5, 0.6) is 0 Å². The predicted octanol–water partition coefficient (Wildman–Crippen LogP) is 2.63. The largest absolute Gasteiger partial charge is 0.378 e. The summed E-state index contributed by atoms with van der Waals surface area (Å²) in [6.45, 7) is 6.74. The number of hydrogen-bond acceptors (Lipinski definition) is 7. The van der Waals surface area contributed by atoms with Gasteiger partial charge >= 0.3 is 0 Å². The van der Waals surface area contributed by atoms with E-state index < -0.39 is 15.9 Å². The maximum Gasteiger partial charge on any atom is 0.248 e. The van der Waals surface area contributed by atoms with Crippen molar-refractivity contribution in [2.75, 3.05) is 44.7 Å². The van der Waals surface area contributed by atoms with Gasteiger partial charge in [0, 0.05) is 44.1 Å². The summed E-state index contributed by atoms with van der Waals surface area (Å²) in [6, 6.07) is 7.54. The Balaban J connectivity index is 1.50. The maximum absolute atomic E-state index is 13.5. The topological polar surface area (TPSA) is 105 Å². The number of ether oxygens (including phenoxy) is 1. The summed E-state index contributed by atoms with van der Waals surface area (Å²) >= 11 is 0. The highest BCUT2D eigenvalue weighted by Crippen LogP contribution is 2.29. The quantitative estimate of drug-likeness (QED) is 0.686. The summed E-state index contributed by atoms with van der Waals surface area (Å²) in [4.78, 5) is 15.0. The highest BCUT2D eigenvalue weighted by molar-refractivity contribution is 7.89. The van der Waals surface area contributed by atoms with E-state index in [1.165, 1.54) is 4.31 Å². The van der Waals surface area contributed by atoms with Gasteiger partial charge in [0.05, 0.1) is 19.1 Å². The van der Waals surface area contributed by atoms with E-state index in [1.54, 1.807) is 13.0 Å². The molecule has 1 atom stereocenters. The zero-order valence-electron chi connectivity index (χ0n) is 19.0. The van der Waals surface area contributed by atoms with Gasteiger partial charge < -0.3 is 19.5 Å². The number of amides is 1. The number of nitrogens with one attached hydrogen (secondary N) is 1. The second kappa shape index (κ2) is 10.1. The van der Waals surface area contributed by atoms with Crippen LogP contribution in [0.2, 0.25) is 0 Å². The first-order valence-corrected chi connectivity index (χ1v) is 12.6. The molecule has 0 bridgehead atoms. The second-order valence-corrected chi connectivity index (χ2v) is 10.3. The molecule has 0 radical (unpaired) electrons. The van der Waals surface area contributed by atoms with E-state index >= 15 is 0 Å². The van der Waals surface area contributed by atoms with E-state index in [-0.39, 0.29) is 23.1 Å². The van der Waals surface area contributed by atoms with Crippen LogP contribution in [0.4, 0.5) is 5.69 Å². The molecule has 2 aliphatic rings. The standard InChI is InChI=1S/C23H30N4O5S/c1-17-6-3-4-8-20(17)24-23(28)19-7-5-10-27(16-19)33(29,30)22-18(2)25-32-21(22)9-11-26-12-14-31-15-13-26/h3-4,6,8-9,11,19H,5,7,10,12-16H2,1-2H3,(H,24,28)/b11-9+/t19-/m0/s1. The summed E-state index contributed by atoms with van der Waals surface area (Å²) in [5.41, 5.74) is 2.01. The van der Waals surface area contributed by atoms with Crippen molar-refractivity contribution in [3.05, 3.63) is 47.5 Å².